The van der Waals surface area contributed by atoms with Crippen molar-refractivity contribution in [2.75, 3.05) is 6.54 Å². The molecule has 1 heterocycles. The molecule has 88 valence electrons. The van der Waals surface area contributed by atoms with E-state index < -0.39 is 0 Å². The van der Waals surface area contributed by atoms with Gasteiger partial charge in [-0.05, 0) is 25.0 Å². The van der Waals surface area contributed by atoms with Crippen LogP contribution in [0, 0.1) is 32.1 Å². The minimum absolute atomic E-state index is 0.0904. The maximum Gasteiger partial charge on any atom is 0.224 e. The molecule has 0 N–H and O–H groups in total. The number of hydrogen-bond acceptors (Lipinski definition) is 1. The molecule has 2 nitrogen and oxygen atoms in total. The number of benzene rings is 1. The largest absolute Gasteiger partial charge is 0.337 e. The second kappa shape index (κ2) is 4.63. The second-order valence-electron chi connectivity index (χ2n) is 4.77. The Balaban J connectivity index is 2.14. The third-order valence-corrected chi connectivity index (χ3v) is 3.32. The Labute approximate surface area is 103 Å². The summed E-state index contributed by atoms with van der Waals surface area (Å²) < 4.78 is 0. The molecule has 1 aliphatic rings. The molecular formula is C15H17NO. The van der Waals surface area contributed by atoms with Crippen molar-refractivity contribution in [3.05, 3.63) is 34.9 Å². The highest BCUT2D eigenvalue weighted by Crippen LogP contribution is 2.21. The Morgan fingerprint density at radius 3 is 2.88 bits per heavy atom. The average Bonchev–Trinajstić information content (AvgIpc) is 2.65. The number of amides is 1. The first-order valence-corrected chi connectivity index (χ1v) is 5.90. The van der Waals surface area contributed by atoms with Crippen LogP contribution in [0.25, 0.3) is 0 Å². The molecule has 17 heavy (non-hydrogen) atoms. The van der Waals surface area contributed by atoms with Crippen molar-refractivity contribution in [1.82, 2.24) is 4.90 Å². The summed E-state index contributed by atoms with van der Waals surface area (Å²) in [5, 5.41) is 0. The van der Waals surface area contributed by atoms with Crippen LogP contribution < -0.4 is 0 Å². The number of nitrogens with zero attached hydrogens (tertiary/aromatic N) is 1. The molecule has 2 rings (SSSR count). The van der Waals surface area contributed by atoms with E-state index in [1.807, 2.05) is 4.90 Å². The summed E-state index contributed by atoms with van der Waals surface area (Å²) in [4.78, 5) is 13.6. The van der Waals surface area contributed by atoms with Crippen LogP contribution in [0.3, 0.4) is 0 Å². The molecule has 1 fully saturated rings. The molecule has 1 aromatic carbocycles. The molecule has 0 aromatic heterocycles. The van der Waals surface area contributed by atoms with Gasteiger partial charge in [0.1, 0.15) is 0 Å². The first kappa shape index (κ1) is 11.7. The number of aryl methyl sites for hydroxylation is 2. The lowest BCUT2D eigenvalue weighted by atomic mass is 10.1. The van der Waals surface area contributed by atoms with Crippen LogP contribution >= 0.6 is 0 Å². The highest BCUT2D eigenvalue weighted by atomic mass is 16.2. The van der Waals surface area contributed by atoms with Crippen LogP contribution in [0.15, 0.2) is 18.2 Å². The zero-order valence-corrected chi connectivity index (χ0v) is 10.4. The van der Waals surface area contributed by atoms with Gasteiger partial charge in [-0.15, -0.1) is 12.3 Å². The lowest BCUT2D eigenvalue weighted by molar-refractivity contribution is -0.128. The molecule has 0 radical (unpaired) electrons. The SMILES string of the molecule is C#CC1CC(=O)N(Cc2cc(C)ccc2C)C1. The zero-order chi connectivity index (χ0) is 12.4. The predicted octanol–water partition coefficient (Wildman–Crippen LogP) is 2.29. The van der Waals surface area contributed by atoms with E-state index in [0.717, 1.165) is 0 Å². The van der Waals surface area contributed by atoms with Crippen LogP contribution in [0.5, 0.6) is 0 Å². The Kier molecular flexibility index (Phi) is 3.19. The summed E-state index contributed by atoms with van der Waals surface area (Å²) in [5.74, 6) is 2.94. The molecule has 1 atom stereocenters. The minimum atomic E-state index is 0.0904. The molecule has 0 aliphatic carbocycles. The van der Waals surface area contributed by atoms with Gasteiger partial charge in [0.15, 0.2) is 0 Å². The maximum absolute atomic E-state index is 11.8. The fourth-order valence-corrected chi connectivity index (χ4v) is 2.21. The van der Waals surface area contributed by atoms with E-state index in [1.165, 1.54) is 16.7 Å². The maximum atomic E-state index is 11.8. The molecule has 0 saturated carbocycles. The van der Waals surface area contributed by atoms with Gasteiger partial charge in [-0.25, -0.2) is 0 Å². The second-order valence-corrected chi connectivity index (χ2v) is 4.77. The van der Waals surface area contributed by atoms with Crippen molar-refractivity contribution in [3.8, 4) is 12.3 Å². The van der Waals surface area contributed by atoms with Crippen molar-refractivity contribution in [2.45, 2.75) is 26.8 Å². The topological polar surface area (TPSA) is 20.3 Å². The molecule has 2 heteroatoms. The van der Waals surface area contributed by atoms with Crippen LogP contribution in [0.1, 0.15) is 23.1 Å². The van der Waals surface area contributed by atoms with Crippen molar-refractivity contribution < 1.29 is 4.79 Å². The Hall–Kier alpha value is -1.75. The van der Waals surface area contributed by atoms with Gasteiger partial charge in [-0.3, -0.25) is 4.79 Å². The molecular weight excluding hydrogens is 210 g/mol. The Morgan fingerprint density at radius 1 is 1.47 bits per heavy atom. The van der Waals surface area contributed by atoms with Gasteiger partial charge in [-0.1, -0.05) is 23.8 Å². The van der Waals surface area contributed by atoms with E-state index in [9.17, 15) is 4.79 Å². The number of carbonyl (C=O) groups excluding carboxylic acids is 1. The van der Waals surface area contributed by atoms with Crippen LogP contribution in [-0.4, -0.2) is 17.4 Å². The van der Waals surface area contributed by atoms with Gasteiger partial charge in [0.2, 0.25) is 5.91 Å². The highest BCUT2D eigenvalue weighted by Gasteiger charge is 2.28. The molecule has 1 saturated heterocycles. The number of rotatable bonds is 2. The Morgan fingerprint density at radius 2 is 2.24 bits per heavy atom. The van der Waals surface area contributed by atoms with Gasteiger partial charge in [0.05, 0.1) is 0 Å². The molecule has 1 aromatic rings. The number of terminal acetylenes is 1. The van der Waals surface area contributed by atoms with Gasteiger partial charge < -0.3 is 4.90 Å². The number of hydrogen-bond donors (Lipinski definition) is 0. The van der Waals surface area contributed by atoms with Gasteiger partial charge in [0.25, 0.3) is 0 Å². The van der Waals surface area contributed by atoms with Crippen molar-refractivity contribution in [1.29, 1.82) is 0 Å². The van der Waals surface area contributed by atoms with Crippen molar-refractivity contribution in [2.24, 2.45) is 5.92 Å². The molecule has 1 amide bonds. The zero-order valence-electron chi connectivity index (χ0n) is 10.4. The smallest absolute Gasteiger partial charge is 0.224 e. The molecule has 1 unspecified atom stereocenters. The van der Waals surface area contributed by atoms with Crippen LogP contribution in [0.2, 0.25) is 0 Å². The summed E-state index contributed by atoms with van der Waals surface area (Å²) >= 11 is 0. The predicted molar refractivity (Wildman–Crippen MR) is 68.3 cm³/mol. The van der Waals surface area contributed by atoms with Gasteiger partial charge in [-0.2, -0.15) is 0 Å². The van der Waals surface area contributed by atoms with Gasteiger partial charge >= 0.3 is 0 Å². The third kappa shape index (κ3) is 2.50. The molecule has 0 bridgehead atoms. The minimum Gasteiger partial charge on any atom is -0.337 e. The van der Waals surface area contributed by atoms with Crippen LogP contribution in [0.4, 0.5) is 0 Å². The highest BCUT2D eigenvalue weighted by molar-refractivity contribution is 5.79. The quantitative estimate of drug-likeness (QED) is 0.710. The summed E-state index contributed by atoms with van der Waals surface area (Å²) in [5.41, 5.74) is 3.68. The fraction of sp³-hybridized carbons (Fsp3) is 0.400. The summed E-state index contributed by atoms with van der Waals surface area (Å²) in [7, 11) is 0. The first-order valence-electron chi connectivity index (χ1n) is 5.90. The van der Waals surface area contributed by atoms with E-state index in [0.29, 0.717) is 19.5 Å². The molecule has 0 spiro atoms. The van der Waals surface area contributed by atoms with Crippen molar-refractivity contribution in [3.63, 3.8) is 0 Å². The average molecular weight is 227 g/mol. The monoisotopic (exact) mass is 227 g/mol. The van der Waals surface area contributed by atoms with E-state index >= 15 is 0 Å². The van der Waals surface area contributed by atoms with E-state index in [-0.39, 0.29) is 11.8 Å². The summed E-state index contributed by atoms with van der Waals surface area (Å²) in [6, 6.07) is 6.34. The lowest BCUT2D eigenvalue weighted by Gasteiger charge is -2.17. The number of carbonyl (C=O) groups is 1. The van der Waals surface area contributed by atoms with E-state index in [1.54, 1.807) is 0 Å². The van der Waals surface area contributed by atoms with Gasteiger partial charge in [0, 0.05) is 25.4 Å². The third-order valence-electron chi connectivity index (χ3n) is 3.32. The fourth-order valence-electron chi connectivity index (χ4n) is 2.21. The summed E-state index contributed by atoms with van der Waals surface area (Å²) in [6.07, 6.45) is 5.88. The van der Waals surface area contributed by atoms with E-state index in [4.69, 9.17) is 6.42 Å². The first-order chi connectivity index (χ1) is 8.10. The van der Waals surface area contributed by atoms with Crippen molar-refractivity contribution >= 4 is 5.91 Å². The number of likely N-dealkylation sites (tertiary alicyclic amines) is 1. The summed E-state index contributed by atoms with van der Waals surface area (Å²) in [6.45, 7) is 5.53. The lowest BCUT2D eigenvalue weighted by Crippen LogP contribution is -2.24. The Bertz CT molecular complexity index is 484. The molecule has 1 aliphatic heterocycles. The van der Waals surface area contributed by atoms with E-state index in [2.05, 4.69) is 38.0 Å². The van der Waals surface area contributed by atoms with Crippen LogP contribution in [-0.2, 0) is 11.3 Å². The standard InChI is InChI=1S/C15H17NO/c1-4-13-8-15(17)16(9-13)10-14-7-11(2)5-6-12(14)3/h1,5-7,13H,8-10H2,2-3H3. The normalized spacial score (nSPS) is 19.5.